The molecular weight excluding hydrogens is 248 g/mol. The SMILES string of the molecule is O=C(O)CCC1CCN(C(=O)NC2CCOC2)CC1. The molecule has 19 heavy (non-hydrogen) atoms. The predicted octanol–water partition coefficient (Wildman–Crippen LogP) is 1.06. The molecule has 2 N–H and O–H groups in total. The molecule has 0 radical (unpaired) electrons. The standard InChI is InChI=1S/C13H22N2O4/c16-12(17)2-1-10-3-6-15(7-4-10)13(18)14-11-5-8-19-9-11/h10-11H,1-9H2,(H,14,18)(H,16,17). The monoisotopic (exact) mass is 270 g/mol. The number of carboxylic acids is 1. The van der Waals surface area contributed by atoms with Crippen LogP contribution in [-0.2, 0) is 9.53 Å². The lowest BCUT2D eigenvalue weighted by Crippen LogP contribution is -2.48. The van der Waals surface area contributed by atoms with Crippen LogP contribution in [0.15, 0.2) is 0 Å². The summed E-state index contributed by atoms with van der Waals surface area (Å²) in [7, 11) is 0. The second-order valence-corrected chi connectivity index (χ2v) is 5.37. The molecule has 2 heterocycles. The van der Waals surface area contributed by atoms with Gasteiger partial charge in [-0.25, -0.2) is 4.79 Å². The summed E-state index contributed by atoms with van der Waals surface area (Å²) in [5.74, 6) is -0.295. The summed E-state index contributed by atoms with van der Waals surface area (Å²) >= 11 is 0. The summed E-state index contributed by atoms with van der Waals surface area (Å²) in [6.45, 7) is 2.79. The molecule has 2 aliphatic rings. The van der Waals surface area contributed by atoms with E-state index in [1.807, 2.05) is 4.90 Å². The van der Waals surface area contributed by atoms with Crippen molar-refractivity contribution in [2.24, 2.45) is 5.92 Å². The van der Waals surface area contributed by atoms with E-state index in [4.69, 9.17) is 9.84 Å². The summed E-state index contributed by atoms with van der Waals surface area (Å²) < 4.78 is 5.23. The lowest BCUT2D eigenvalue weighted by atomic mass is 9.92. The molecule has 0 aromatic rings. The number of rotatable bonds is 4. The number of carbonyl (C=O) groups is 2. The first-order valence-corrected chi connectivity index (χ1v) is 7.00. The third kappa shape index (κ3) is 4.38. The Morgan fingerprint density at radius 1 is 1.26 bits per heavy atom. The molecule has 0 bridgehead atoms. The van der Waals surface area contributed by atoms with E-state index in [1.54, 1.807) is 0 Å². The van der Waals surface area contributed by atoms with Gasteiger partial charge in [0.2, 0.25) is 0 Å². The molecule has 0 aromatic heterocycles. The number of nitrogens with one attached hydrogen (secondary N) is 1. The van der Waals surface area contributed by atoms with Crippen molar-refractivity contribution in [2.75, 3.05) is 26.3 Å². The van der Waals surface area contributed by atoms with Crippen molar-refractivity contribution in [3.8, 4) is 0 Å². The van der Waals surface area contributed by atoms with Crippen molar-refractivity contribution in [2.45, 2.75) is 38.1 Å². The fraction of sp³-hybridized carbons (Fsp3) is 0.846. The molecule has 2 rings (SSSR count). The van der Waals surface area contributed by atoms with E-state index < -0.39 is 5.97 Å². The maximum atomic E-state index is 12.0. The second kappa shape index (κ2) is 6.75. The molecule has 2 aliphatic heterocycles. The maximum Gasteiger partial charge on any atom is 0.317 e. The zero-order chi connectivity index (χ0) is 13.7. The number of carbonyl (C=O) groups excluding carboxylic acids is 1. The van der Waals surface area contributed by atoms with Crippen LogP contribution >= 0.6 is 0 Å². The zero-order valence-corrected chi connectivity index (χ0v) is 11.1. The Bertz CT molecular complexity index is 321. The van der Waals surface area contributed by atoms with Crippen LogP contribution in [0.25, 0.3) is 0 Å². The Morgan fingerprint density at radius 3 is 2.58 bits per heavy atom. The molecule has 108 valence electrons. The van der Waals surface area contributed by atoms with Gasteiger partial charge in [-0.1, -0.05) is 0 Å². The second-order valence-electron chi connectivity index (χ2n) is 5.37. The lowest BCUT2D eigenvalue weighted by molar-refractivity contribution is -0.137. The lowest BCUT2D eigenvalue weighted by Gasteiger charge is -2.32. The Labute approximate surface area is 113 Å². The van der Waals surface area contributed by atoms with Crippen molar-refractivity contribution in [3.63, 3.8) is 0 Å². The third-order valence-corrected chi connectivity index (χ3v) is 3.93. The summed E-state index contributed by atoms with van der Waals surface area (Å²) in [6.07, 6.45) is 3.65. The van der Waals surface area contributed by atoms with E-state index in [9.17, 15) is 9.59 Å². The minimum absolute atomic E-state index is 0.00724. The van der Waals surface area contributed by atoms with E-state index in [2.05, 4.69) is 5.32 Å². The molecule has 1 unspecified atom stereocenters. The van der Waals surface area contributed by atoms with Crippen molar-refractivity contribution in [3.05, 3.63) is 0 Å². The van der Waals surface area contributed by atoms with Gasteiger partial charge in [-0.2, -0.15) is 0 Å². The quantitative estimate of drug-likeness (QED) is 0.800. The fourth-order valence-corrected chi connectivity index (χ4v) is 2.67. The maximum absolute atomic E-state index is 12.0. The van der Waals surface area contributed by atoms with E-state index in [-0.39, 0.29) is 18.5 Å². The molecule has 0 aromatic carbocycles. The Morgan fingerprint density at radius 2 is 2.00 bits per heavy atom. The topological polar surface area (TPSA) is 78.9 Å². The number of ether oxygens (including phenoxy) is 1. The zero-order valence-electron chi connectivity index (χ0n) is 11.1. The van der Waals surface area contributed by atoms with E-state index in [1.165, 1.54) is 0 Å². The average molecular weight is 270 g/mol. The first-order chi connectivity index (χ1) is 9.15. The highest BCUT2D eigenvalue weighted by atomic mass is 16.5. The van der Waals surface area contributed by atoms with Crippen molar-refractivity contribution in [1.29, 1.82) is 0 Å². The van der Waals surface area contributed by atoms with E-state index >= 15 is 0 Å². The van der Waals surface area contributed by atoms with Crippen LogP contribution < -0.4 is 5.32 Å². The highest BCUT2D eigenvalue weighted by Gasteiger charge is 2.25. The molecule has 6 heteroatoms. The van der Waals surface area contributed by atoms with Crippen LogP contribution in [-0.4, -0.2) is 54.4 Å². The largest absolute Gasteiger partial charge is 0.481 e. The highest BCUT2D eigenvalue weighted by molar-refractivity contribution is 5.74. The molecule has 2 saturated heterocycles. The van der Waals surface area contributed by atoms with E-state index in [0.29, 0.717) is 12.5 Å². The van der Waals surface area contributed by atoms with Gasteiger partial charge in [0.05, 0.1) is 12.6 Å². The fourth-order valence-electron chi connectivity index (χ4n) is 2.67. The van der Waals surface area contributed by atoms with Crippen LogP contribution in [0.4, 0.5) is 4.79 Å². The van der Waals surface area contributed by atoms with Gasteiger partial charge in [0.1, 0.15) is 0 Å². The average Bonchev–Trinajstić information content (AvgIpc) is 2.89. The Hall–Kier alpha value is -1.30. The van der Waals surface area contributed by atoms with Gasteiger partial charge in [0.15, 0.2) is 0 Å². The normalized spacial score (nSPS) is 24.4. The van der Waals surface area contributed by atoms with Crippen LogP contribution in [0, 0.1) is 5.92 Å². The number of hydrogen-bond donors (Lipinski definition) is 2. The van der Waals surface area contributed by atoms with Crippen LogP contribution in [0.2, 0.25) is 0 Å². The number of carboxylic acid groups (broad SMARTS) is 1. The first kappa shape index (κ1) is 14.1. The first-order valence-electron chi connectivity index (χ1n) is 7.00. The number of hydrogen-bond acceptors (Lipinski definition) is 3. The van der Waals surface area contributed by atoms with Crippen LogP contribution in [0.1, 0.15) is 32.1 Å². The third-order valence-electron chi connectivity index (χ3n) is 3.93. The Balaban J connectivity index is 1.67. The number of piperidine rings is 1. The summed E-state index contributed by atoms with van der Waals surface area (Å²) in [5, 5.41) is 11.6. The smallest absolute Gasteiger partial charge is 0.317 e. The van der Waals surface area contributed by atoms with Crippen molar-refractivity contribution >= 4 is 12.0 Å². The molecule has 6 nitrogen and oxygen atoms in total. The van der Waals surface area contributed by atoms with Gasteiger partial charge in [-0.05, 0) is 31.6 Å². The number of nitrogens with zero attached hydrogens (tertiary/aromatic N) is 1. The van der Waals surface area contributed by atoms with Crippen molar-refractivity contribution < 1.29 is 19.4 Å². The summed E-state index contributed by atoms with van der Waals surface area (Å²) in [6, 6.07) is 0.143. The van der Waals surface area contributed by atoms with Gasteiger partial charge >= 0.3 is 12.0 Å². The minimum atomic E-state index is -0.735. The molecule has 0 aliphatic carbocycles. The van der Waals surface area contributed by atoms with Crippen LogP contribution in [0.5, 0.6) is 0 Å². The molecular formula is C13H22N2O4. The highest BCUT2D eigenvalue weighted by Crippen LogP contribution is 2.22. The molecule has 1 atom stereocenters. The van der Waals surface area contributed by atoms with Gasteiger partial charge in [-0.15, -0.1) is 0 Å². The number of urea groups is 1. The molecule has 2 amide bonds. The minimum Gasteiger partial charge on any atom is -0.481 e. The molecule has 2 fully saturated rings. The Kier molecular flexibility index (Phi) is 5.01. The van der Waals surface area contributed by atoms with Gasteiger partial charge in [0.25, 0.3) is 0 Å². The van der Waals surface area contributed by atoms with Gasteiger partial charge in [0, 0.05) is 26.1 Å². The van der Waals surface area contributed by atoms with E-state index in [0.717, 1.165) is 45.4 Å². The molecule has 0 saturated carbocycles. The van der Waals surface area contributed by atoms with Gasteiger partial charge < -0.3 is 20.1 Å². The number of aliphatic carboxylic acids is 1. The van der Waals surface area contributed by atoms with Gasteiger partial charge in [-0.3, -0.25) is 4.79 Å². The predicted molar refractivity (Wildman–Crippen MR) is 68.9 cm³/mol. The van der Waals surface area contributed by atoms with Crippen molar-refractivity contribution in [1.82, 2.24) is 10.2 Å². The number of likely N-dealkylation sites (tertiary alicyclic amines) is 1. The molecule has 0 spiro atoms. The van der Waals surface area contributed by atoms with Crippen LogP contribution in [0.3, 0.4) is 0 Å². The summed E-state index contributed by atoms with van der Waals surface area (Å²) in [5.41, 5.74) is 0. The number of amides is 2. The summed E-state index contributed by atoms with van der Waals surface area (Å²) in [4.78, 5) is 24.3.